The summed E-state index contributed by atoms with van der Waals surface area (Å²) in [6, 6.07) is 9.88. The molecule has 8 nitrogen and oxygen atoms in total. The van der Waals surface area contributed by atoms with Crippen molar-refractivity contribution >= 4 is 17.6 Å². The second kappa shape index (κ2) is 11.1. The van der Waals surface area contributed by atoms with E-state index in [4.69, 9.17) is 0 Å². The van der Waals surface area contributed by atoms with Gasteiger partial charge in [-0.15, -0.1) is 0 Å². The smallest absolute Gasteiger partial charge is 0.321 e. The summed E-state index contributed by atoms with van der Waals surface area (Å²) in [5.74, 6) is 0.160. The summed E-state index contributed by atoms with van der Waals surface area (Å²) >= 11 is 0. The zero-order valence-corrected chi connectivity index (χ0v) is 19.8. The van der Waals surface area contributed by atoms with Crippen LogP contribution in [-0.4, -0.2) is 82.2 Å². The number of hydrogen-bond acceptors (Lipinski definition) is 4. The Labute approximate surface area is 191 Å². The minimum Gasteiger partial charge on any atom is -0.342 e. The standard InChI is InChI=1S/C24H36N6O2/c1-5-28(6-2)23(31)18-27-11-8-12-29(14-13-27)24(32)25-22-10-7-9-21(16-22)17-30-20(4)15-19(3)26-30/h7,9-10,15-16H,5-6,8,11-14,17-18H2,1-4H3,(H,25,32). The topological polar surface area (TPSA) is 73.7 Å². The zero-order chi connectivity index (χ0) is 23.1. The van der Waals surface area contributed by atoms with Gasteiger partial charge in [-0.25, -0.2) is 4.79 Å². The van der Waals surface area contributed by atoms with Crippen LogP contribution in [0.3, 0.4) is 0 Å². The highest BCUT2D eigenvalue weighted by Crippen LogP contribution is 2.15. The molecule has 1 N–H and O–H groups in total. The van der Waals surface area contributed by atoms with Crippen molar-refractivity contribution in [3.63, 3.8) is 0 Å². The molecule has 3 amide bonds. The van der Waals surface area contributed by atoms with E-state index in [1.807, 2.05) is 66.4 Å². The normalized spacial score (nSPS) is 14.8. The van der Waals surface area contributed by atoms with Crippen molar-refractivity contribution in [1.29, 1.82) is 0 Å². The molecule has 2 aromatic rings. The van der Waals surface area contributed by atoms with E-state index in [1.165, 1.54) is 0 Å². The van der Waals surface area contributed by atoms with Crippen molar-refractivity contribution in [2.75, 3.05) is 51.1 Å². The summed E-state index contributed by atoms with van der Waals surface area (Å²) in [6.07, 6.45) is 0.858. The van der Waals surface area contributed by atoms with E-state index >= 15 is 0 Å². The Morgan fingerprint density at radius 2 is 1.84 bits per heavy atom. The van der Waals surface area contributed by atoms with Crippen LogP contribution in [0.5, 0.6) is 0 Å². The lowest BCUT2D eigenvalue weighted by Crippen LogP contribution is -2.42. The van der Waals surface area contributed by atoms with Crippen molar-refractivity contribution in [3.05, 3.63) is 47.3 Å². The Bertz CT molecular complexity index is 921. The predicted octanol–water partition coefficient (Wildman–Crippen LogP) is 2.96. The average molecular weight is 441 g/mol. The molecule has 0 unspecified atom stereocenters. The van der Waals surface area contributed by atoms with Crippen molar-refractivity contribution in [1.82, 2.24) is 24.5 Å². The van der Waals surface area contributed by atoms with Gasteiger partial charge < -0.3 is 15.1 Å². The summed E-state index contributed by atoms with van der Waals surface area (Å²) in [5.41, 5.74) is 3.99. The maximum absolute atomic E-state index is 12.9. The van der Waals surface area contributed by atoms with Gasteiger partial charge in [-0.05, 0) is 57.9 Å². The SMILES string of the molecule is CCN(CC)C(=O)CN1CCCN(C(=O)Nc2cccc(Cn3nc(C)cc3C)c2)CC1. The molecular weight excluding hydrogens is 404 g/mol. The third-order valence-electron chi connectivity index (χ3n) is 5.96. The highest BCUT2D eigenvalue weighted by atomic mass is 16.2. The zero-order valence-electron chi connectivity index (χ0n) is 19.8. The molecule has 8 heteroatoms. The molecule has 3 rings (SSSR count). The van der Waals surface area contributed by atoms with Gasteiger partial charge in [-0.1, -0.05) is 12.1 Å². The Balaban J connectivity index is 1.54. The lowest BCUT2D eigenvalue weighted by molar-refractivity contribution is -0.132. The summed E-state index contributed by atoms with van der Waals surface area (Å²) < 4.78 is 1.97. The van der Waals surface area contributed by atoms with E-state index in [0.717, 1.165) is 48.7 Å². The van der Waals surface area contributed by atoms with E-state index in [0.29, 0.717) is 32.7 Å². The van der Waals surface area contributed by atoms with Crippen LogP contribution in [0.25, 0.3) is 0 Å². The number of likely N-dealkylation sites (N-methyl/N-ethyl adjacent to an activating group) is 1. The third kappa shape index (κ3) is 6.32. The third-order valence-corrected chi connectivity index (χ3v) is 5.96. The van der Waals surface area contributed by atoms with Crippen LogP contribution in [0.4, 0.5) is 10.5 Å². The highest BCUT2D eigenvalue weighted by Gasteiger charge is 2.22. The lowest BCUT2D eigenvalue weighted by Gasteiger charge is -2.25. The van der Waals surface area contributed by atoms with Gasteiger partial charge in [-0.3, -0.25) is 14.4 Å². The monoisotopic (exact) mass is 440 g/mol. The van der Waals surface area contributed by atoms with E-state index in [9.17, 15) is 9.59 Å². The van der Waals surface area contributed by atoms with Gasteiger partial charge in [0.05, 0.1) is 18.8 Å². The Hall–Kier alpha value is -2.87. The lowest BCUT2D eigenvalue weighted by atomic mass is 10.2. The number of carbonyl (C=O) groups excluding carboxylic acids is 2. The van der Waals surface area contributed by atoms with Crippen molar-refractivity contribution in [2.45, 2.75) is 40.7 Å². The van der Waals surface area contributed by atoms with Gasteiger partial charge in [0.1, 0.15) is 0 Å². The number of nitrogens with one attached hydrogen (secondary N) is 1. The summed E-state index contributed by atoms with van der Waals surface area (Å²) in [5, 5.41) is 7.56. The number of aromatic nitrogens is 2. The number of carbonyl (C=O) groups is 2. The molecule has 0 radical (unpaired) electrons. The molecule has 1 aromatic carbocycles. The molecule has 1 aliphatic heterocycles. The first-order chi connectivity index (χ1) is 15.4. The molecule has 2 heterocycles. The van der Waals surface area contributed by atoms with Crippen molar-refractivity contribution in [2.24, 2.45) is 0 Å². The first-order valence-corrected chi connectivity index (χ1v) is 11.6. The number of hydrogen-bond donors (Lipinski definition) is 1. The fraction of sp³-hybridized carbons (Fsp3) is 0.542. The number of urea groups is 1. The fourth-order valence-corrected chi connectivity index (χ4v) is 4.16. The summed E-state index contributed by atoms with van der Waals surface area (Å²) in [7, 11) is 0. The quantitative estimate of drug-likeness (QED) is 0.718. The van der Waals surface area contributed by atoms with E-state index in [1.54, 1.807) is 0 Å². The molecule has 0 saturated carbocycles. The number of rotatable bonds is 7. The maximum Gasteiger partial charge on any atom is 0.321 e. The first-order valence-electron chi connectivity index (χ1n) is 11.6. The van der Waals surface area contributed by atoms with Gasteiger partial charge in [0.15, 0.2) is 0 Å². The number of anilines is 1. The second-order valence-corrected chi connectivity index (χ2v) is 8.40. The molecule has 32 heavy (non-hydrogen) atoms. The van der Waals surface area contributed by atoms with Gasteiger partial charge in [0.2, 0.25) is 5.91 Å². The molecular formula is C24H36N6O2. The van der Waals surface area contributed by atoms with Crippen LogP contribution in [0.1, 0.15) is 37.2 Å². The van der Waals surface area contributed by atoms with Crippen molar-refractivity contribution < 1.29 is 9.59 Å². The van der Waals surface area contributed by atoms with Crippen LogP contribution in [0.2, 0.25) is 0 Å². The number of benzene rings is 1. The number of aryl methyl sites for hydroxylation is 2. The fourth-order valence-electron chi connectivity index (χ4n) is 4.16. The molecule has 0 bridgehead atoms. The minimum atomic E-state index is -0.0924. The van der Waals surface area contributed by atoms with Crippen LogP contribution < -0.4 is 5.32 Å². The van der Waals surface area contributed by atoms with E-state index in [2.05, 4.69) is 21.4 Å². The van der Waals surface area contributed by atoms with Crippen LogP contribution in [-0.2, 0) is 11.3 Å². The Kier molecular flexibility index (Phi) is 8.27. The van der Waals surface area contributed by atoms with E-state index in [-0.39, 0.29) is 11.9 Å². The minimum absolute atomic E-state index is 0.0924. The molecule has 1 saturated heterocycles. The molecule has 174 valence electrons. The van der Waals surface area contributed by atoms with Gasteiger partial charge in [0.25, 0.3) is 0 Å². The maximum atomic E-state index is 12.9. The van der Waals surface area contributed by atoms with Crippen LogP contribution in [0.15, 0.2) is 30.3 Å². The largest absolute Gasteiger partial charge is 0.342 e. The second-order valence-electron chi connectivity index (χ2n) is 8.40. The predicted molar refractivity (Wildman–Crippen MR) is 127 cm³/mol. The average Bonchev–Trinajstić information content (AvgIpc) is 2.93. The molecule has 1 fully saturated rings. The molecule has 0 atom stereocenters. The summed E-state index contributed by atoms with van der Waals surface area (Å²) in [6.45, 7) is 13.4. The van der Waals surface area contributed by atoms with Crippen molar-refractivity contribution in [3.8, 4) is 0 Å². The Morgan fingerprint density at radius 1 is 1.06 bits per heavy atom. The molecule has 1 aromatic heterocycles. The van der Waals surface area contributed by atoms with Crippen LogP contribution in [0, 0.1) is 13.8 Å². The molecule has 1 aliphatic rings. The van der Waals surface area contributed by atoms with Gasteiger partial charge in [-0.2, -0.15) is 5.10 Å². The first kappa shape index (κ1) is 23.8. The molecule has 0 aliphatic carbocycles. The number of nitrogens with zero attached hydrogens (tertiary/aromatic N) is 5. The van der Waals surface area contributed by atoms with Crippen LogP contribution >= 0.6 is 0 Å². The van der Waals surface area contributed by atoms with Gasteiger partial charge >= 0.3 is 6.03 Å². The van der Waals surface area contributed by atoms with E-state index < -0.39 is 0 Å². The highest BCUT2D eigenvalue weighted by molar-refractivity contribution is 5.89. The summed E-state index contributed by atoms with van der Waals surface area (Å²) in [4.78, 5) is 31.1. The van der Waals surface area contributed by atoms with Gasteiger partial charge in [0, 0.05) is 50.6 Å². The Morgan fingerprint density at radius 3 is 2.53 bits per heavy atom. The number of amides is 3. The molecule has 0 spiro atoms.